The number of fused-ring (bicyclic) bond motifs is 1. The summed E-state index contributed by atoms with van der Waals surface area (Å²) in [5.41, 5.74) is 0. The molecule has 0 bridgehead atoms. The van der Waals surface area contributed by atoms with Crippen molar-refractivity contribution in [1.82, 2.24) is 9.97 Å². The maximum absolute atomic E-state index is 5.82. The van der Waals surface area contributed by atoms with Crippen molar-refractivity contribution in [3.63, 3.8) is 0 Å². The number of ether oxygens (including phenoxy) is 1. The highest BCUT2D eigenvalue weighted by atomic mass is 16.5. The first kappa shape index (κ1) is 13.4. The van der Waals surface area contributed by atoms with Gasteiger partial charge in [0, 0.05) is 18.8 Å². The molecule has 1 N–H and O–H groups in total. The number of anilines is 1. The molecule has 1 heterocycles. The van der Waals surface area contributed by atoms with Crippen molar-refractivity contribution in [2.24, 2.45) is 0 Å². The molecule has 0 fully saturated rings. The van der Waals surface area contributed by atoms with Crippen LogP contribution in [0.1, 0.15) is 13.3 Å². The van der Waals surface area contributed by atoms with Crippen LogP contribution in [0.5, 0.6) is 11.6 Å². The molecule has 0 saturated carbocycles. The molecule has 4 heteroatoms. The molecule has 3 rings (SSSR count). The standard InChI is InChI=1S/C17H17N3O/c1-2-10-18-17-19-11-9-16(20-17)21-15-8-7-13-5-3-4-6-14(13)12-15/h3-9,11-12H,2,10H2,1H3,(H,18,19,20). The fourth-order valence-electron chi connectivity index (χ4n) is 2.07. The van der Waals surface area contributed by atoms with Crippen molar-refractivity contribution in [2.45, 2.75) is 13.3 Å². The predicted octanol–water partition coefficient (Wildman–Crippen LogP) is 4.24. The molecule has 0 atom stereocenters. The monoisotopic (exact) mass is 279 g/mol. The highest BCUT2D eigenvalue weighted by Crippen LogP contribution is 2.24. The van der Waals surface area contributed by atoms with E-state index in [9.17, 15) is 0 Å². The fourth-order valence-corrected chi connectivity index (χ4v) is 2.07. The minimum atomic E-state index is 0.541. The van der Waals surface area contributed by atoms with E-state index in [1.54, 1.807) is 12.3 Å². The molecule has 0 unspecified atom stereocenters. The van der Waals surface area contributed by atoms with E-state index in [4.69, 9.17) is 4.74 Å². The lowest BCUT2D eigenvalue weighted by molar-refractivity contribution is 0.463. The summed E-state index contributed by atoms with van der Waals surface area (Å²) < 4.78 is 5.82. The lowest BCUT2D eigenvalue weighted by Gasteiger charge is -2.08. The lowest BCUT2D eigenvalue weighted by atomic mass is 10.1. The van der Waals surface area contributed by atoms with Gasteiger partial charge in [0.05, 0.1) is 0 Å². The number of nitrogens with one attached hydrogen (secondary N) is 1. The number of rotatable bonds is 5. The van der Waals surface area contributed by atoms with Gasteiger partial charge in [0.2, 0.25) is 11.8 Å². The molecule has 0 spiro atoms. The third kappa shape index (κ3) is 3.28. The van der Waals surface area contributed by atoms with Crippen molar-refractivity contribution in [1.29, 1.82) is 0 Å². The molecular weight excluding hydrogens is 262 g/mol. The molecular formula is C17H17N3O. The lowest BCUT2D eigenvalue weighted by Crippen LogP contribution is -2.04. The number of hydrogen-bond donors (Lipinski definition) is 1. The summed E-state index contributed by atoms with van der Waals surface area (Å²) in [6, 6.07) is 15.9. The van der Waals surface area contributed by atoms with Crippen LogP contribution >= 0.6 is 0 Å². The average Bonchev–Trinajstić information content (AvgIpc) is 2.53. The van der Waals surface area contributed by atoms with Gasteiger partial charge >= 0.3 is 0 Å². The van der Waals surface area contributed by atoms with Crippen LogP contribution in [0.2, 0.25) is 0 Å². The van der Waals surface area contributed by atoms with Gasteiger partial charge < -0.3 is 10.1 Å². The van der Waals surface area contributed by atoms with E-state index < -0.39 is 0 Å². The molecule has 106 valence electrons. The number of hydrogen-bond acceptors (Lipinski definition) is 4. The smallest absolute Gasteiger partial charge is 0.225 e. The third-order valence-electron chi connectivity index (χ3n) is 3.11. The van der Waals surface area contributed by atoms with Gasteiger partial charge in [-0.2, -0.15) is 4.98 Å². The maximum atomic E-state index is 5.82. The van der Waals surface area contributed by atoms with Crippen molar-refractivity contribution in [3.8, 4) is 11.6 Å². The van der Waals surface area contributed by atoms with Gasteiger partial charge in [0.15, 0.2) is 0 Å². The normalized spacial score (nSPS) is 10.5. The fraction of sp³-hybridized carbons (Fsp3) is 0.176. The van der Waals surface area contributed by atoms with Crippen LogP contribution in [-0.4, -0.2) is 16.5 Å². The predicted molar refractivity (Wildman–Crippen MR) is 84.8 cm³/mol. The Morgan fingerprint density at radius 3 is 2.76 bits per heavy atom. The Morgan fingerprint density at radius 2 is 1.90 bits per heavy atom. The highest BCUT2D eigenvalue weighted by molar-refractivity contribution is 5.83. The number of aromatic nitrogens is 2. The van der Waals surface area contributed by atoms with Crippen LogP contribution in [0.15, 0.2) is 54.7 Å². The van der Waals surface area contributed by atoms with E-state index in [1.165, 1.54) is 5.39 Å². The Morgan fingerprint density at radius 1 is 1.05 bits per heavy atom. The Labute approximate surface area is 123 Å². The van der Waals surface area contributed by atoms with Crippen molar-refractivity contribution >= 4 is 16.7 Å². The zero-order valence-electron chi connectivity index (χ0n) is 11.9. The van der Waals surface area contributed by atoms with Crippen LogP contribution in [-0.2, 0) is 0 Å². The molecule has 0 amide bonds. The van der Waals surface area contributed by atoms with Gasteiger partial charge in [0.25, 0.3) is 0 Å². The molecule has 0 radical (unpaired) electrons. The van der Waals surface area contributed by atoms with Gasteiger partial charge in [-0.3, -0.25) is 0 Å². The summed E-state index contributed by atoms with van der Waals surface area (Å²) in [7, 11) is 0. The zero-order valence-corrected chi connectivity index (χ0v) is 11.9. The molecule has 0 saturated heterocycles. The van der Waals surface area contributed by atoms with E-state index in [0.717, 1.165) is 24.1 Å². The second kappa shape index (κ2) is 6.22. The number of nitrogens with zero attached hydrogens (tertiary/aromatic N) is 2. The third-order valence-corrected chi connectivity index (χ3v) is 3.11. The van der Waals surface area contributed by atoms with Gasteiger partial charge in [-0.15, -0.1) is 0 Å². The molecule has 0 aliphatic carbocycles. The maximum Gasteiger partial charge on any atom is 0.225 e. The van der Waals surface area contributed by atoms with Crippen molar-refractivity contribution < 1.29 is 4.74 Å². The second-order valence-corrected chi connectivity index (χ2v) is 4.76. The molecule has 1 aromatic heterocycles. The molecule has 0 aliphatic rings. The topological polar surface area (TPSA) is 47.0 Å². The minimum Gasteiger partial charge on any atom is -0.439 e. The quantitative estimate of drug-likeness (QED) is 0.758. The van der Waals surface area contributed by atoms with E-state index in [-0.39, 0.29) is 0 Å². The Hall–Kier alpha value is -2.62. The van der Waals surface area contributed by atoms with Crippen LogP contribution in [0.25, 0.3) is 10.8 Å². The molecule has 3 aromatic rings. The summed E-state index contributed by atoms with van der Waals surface area (Å²) in [6.45, 7) is 2.95. The first-order chi connectivity index (χ1) is 10.3. The van der Waals surface area contributed by atoms with Gasteiger partial charge in [0.1, 0.15) is 5.75 Å². The summed E-state index contributed by atoms with van der Waals surface area (Å²) in [5.74, 6) is 1.91. The van der Waals surface area contributed by atoms with E-state index >= 15 is 0 Å². The zero-order chi connectivity index (χ0) is 14.5. The SMILES string of the molecule is CCCNc1nccc(Oc2ccc3ccccc3c2)n1. The summed E-state index contributed by atoms with van der Waals surface area (Å²) in [4.78, 5) is 8.51. The van der Waals surface area contributed by atoms with E-state index in [0.29, 0.717) is 11.8 Å². The van der Waals surface area contributed by atoms with E-state index in [1.807, 2.05) is 30.3 Å². The summed E-state index contributed by atoms with van der Waals surface area (Å²) in [6.07, 6.45) is 2.72. The number of benzene rings is 2. The summed E-state index contributed by atoms with van der Waals surface area (Å²) in [5, 5.41) is 5.49. The molecule has 21 heavy (non-hydrogen) atoms. The Bertz CT molecular complexity index is 743. The second-order valence-electron chi connectivity index (χ2n) is 4.76. The highest BCUT2D eigenvalue weighted by Gasteiger charge is 2.02. The molecule has 2 aromatic carbocycles. The first-order valence-corrected chi connectivity index (χ1v) is 7.09. The van der Waals surface area contributed by atoms with Crippen LogP contribution in [0.4, 0.5) is 5.95 Å². The summed E-state index contributed by atoms with van der Waals surface area (Å²) >= 11 is 0. The largest absolute Gasteiger partial charge is 0.439 e. The van der Waals surface area contributed by atoms with Crippen molar-refractivity contribution in [3.05, 3.63) is 54.7 Å². The van der Waals surface area contributed by atoms with Gasteiger partial charge in [-0.1, -0.05) is 37.3 Å². The Kier molecular flexibility index (Phi) is 3.96. The van der Waals surface area contributed by atoms with Gasteiger partial charge in [-0.05, 0) is 29.3 Å². The van der Waals surface area contributed by atoms with Crippen LogP contribution < -0.4 is 10.1 Å². The van der Waals surface area contributed by atoms with Crippen LogP contribution in [0, 0.1) is 0 Å². The van der Waals surface area contributed by atoms with Gasteiger partial charge in [-0.25, -0.2) is 4.98 Å². The Balaban J connectivity index is 1.81. The molecule has 0 aliphatic heterocycles. The molecule has 4 nitrogen and oxygen atoms in total. The van der Waals surface area contributed by atoms with Crippen molar-refractivity contribution in [2.75, 3.05) is 11.9 Å². The minimum absolute atomic E-state index is 0.541. The average molecular weight is 279 g/mol. The first-order valence-electron chi connectivity index (χ1n) is 7.09. The van der Waals surface area contributed by atoms with E-state index in [2.05, 4.69) is 34.3 Å². The van der Waals surface area contributed by atoms with Crippen LogP contribution in [0.3, 0.4) is 0 Å².